The van der Waals surface area contributed by atoms with Gasteiger partial charge in [0, 0.05) is 6.54 Å². The van der Waals surface area contributed by atoms with Gasteiger partial charge in [0.05, 0.1) is 43.1 Å². The van der Waals surface area contributed by atoms with Crippen molar-refractivity contribution in [3.63, 3.8) is 0 Å². The highest BCUT2D eigenvalue weighted by molar-refractivity contribution is 5.80. The molecule has 1 fully saturated rings. The first-order valence-corrected chi connectivity index (χ1v) is 13.6. The van der Waals surface area contributed by atoms with E-state index in [1.165, 1.54) is 0 Å². The van der Waals surface area contributed by atoms with Crippen molar-refractivity contribution in [3.05, 3.63) is 0 Å². The second-order valence-corrected chi connectivity index (χ2v) is 11.2. The van der Waals surface area contributed by atoms with E-state index in [1.807, 2.05) is 6.92 Å². The van der Waals surface area contributed by atoms with Crippen molar-refractivity contribution in [2.45, 2.75) is 78.9 Å². The first-order chi connectivity index (χ1) is 18.6. The average Bonchev–Trinajstić information content (AvgIpc) is 3.68. The van der Waals surface area contributed by atoms with Gasteiger partial charge < -0.3 is 34.3 Å². The number of carbonyl (C=O) groups is 5. The fourth-order valence-corrected chi connectivity index (χ4v) is 4.08. The molecule has 4 atom stereocenters. The quantitative estimate of drug-likeness (QED) is 0.0773. The van der Waals surface area contributed by atoms with Gasteiger partial charge in [0.15, 0.2) is 0 Å². The van der Waals surface area contributed by atoms with Crippen molar-refractivity contribution in [1.29, 1.82) is 0 Å². The number of aliphatic carboxylic acids is 2. The summed E-state index contributed by atoms with van der Waals surface area (Å²) in [5.74, 6) is -5.10. The van der Waals surface area contributed by atoms with E-state index in [0.29, 0.717) is 13.0 Å². The number of hydrogen-bond donors (Lipinski definition) is 3. The first kappa shape index (κ1) is 35.3. The normalized spacial score (nSPS) is 17.8. The third kappa shape index (κ3) is 13.1. The molecule has 0 aromatic heterocycles. The number of unbranched alkanes of at least 4 members (excludes halogenated alkanes) is 1. The van der Waals surface area contributed by atoms with Crippen LogP contribution in [0.15, 0.2) is 0 Å². The van der Waals surface area contributed by atoms with E-state index < -0.39 is 72.4 Å². The minimum atomic E-state index is -1.34. The fourth-order valence-electron chi connectivity index (χ4n) is 4.08. The maximum Gasteiger partial charge on any atom is 0.317 e. The zero-order valence-electron chi connectivity index (χ0n) is 24.2. The lowest BCUT2D eigenvalue weighted by Crippen LogP contribution is -2.42. The van der Waals surface area contributed by atoms with E-state index in [-0.39, 0.29) is 45.1 Å². The predicted octanol–water partition coefficient (Wildman–Crippen LogP) is 1.49. The molecule has 0 radical (unpaired) electrons. The van der Waals surface area contributed by atoms with Gasteiger partial charge >= 0.3 is 29.8 Å². The van der Waals surface area contributed by atoms with E-state index in [1.54, 1.807) is 27.7 Å². The highest BCUT2D eigenvalue weighted by atomic mass is 16.6. The third-order valence-corrected chi connectivity index (χ3v) is 6.75. The molecule has 40 heavy (non-hydrogen) atoms. The van der Waals surface area contributed by atoms with Gasteiger partial charge in [0.25, 0.3) is 0 Å². The van der Waals surface area contributed by atoms with E-state index in [4.69, 9.17) is 29.2 Å². The fraction of sp³-hybridized carbons (Fsp3) is 0.815. The Morgan fingerprint density at radius 3 is 2.05 bits per heavy atom. The molecular weight excluding hydrogens is 530 g/mol. The van der Waals surface area contributed by atoms with Crippen LogP contribution in [0.1, 0.15) is 66.7 Å². The molecule has 0 amide bonds. The largest absolute Gasteiger partial charge is 0.480 e. The third-order valence-electron chi connectivity index (χ3n) is 6.75. The summed E-state index contributed by atoms with van der Waals surface area (Å²) in [7, 11) is 0. The van der Waals surface area contributed by atoms with Crippen molar-refractivity contribution in [1.82, 2.24) is 4.90 Å². The Morgan fingerprint density at radius 2 is 1.55 bits per heavy atom. The van der Waals surface area contributed by atoms with Crippen LogP contribution in [0.4, 0.5) is 0 Å². The Morgan fingerprint density at radius 1 is 0.950 bits per heavy atom. The van der Waals surface area contributed by atoms with Crippen molar-refractivity contribution in [2.75, 3.05) is 46.1 Å². The lowest BCUT2D eigenvalue weighted by atomic mass is 9.73. The monoisotopic (exact) mass is 575 g/mol. The zero-order valence-corrected chi connectivity index (χ0v) is 24.2. The highest BCUT2D eigenvalue weighted by Crippen LogP contribution is 2.38. The lowest BCUT2D eigenvalue weighted by molar-refractivity contribution is -0.164. The molecule has 1 saturated heterocycles. The van der Waals surface area contributed by atoms with Crippen LogP contribution < -0.4 is 0 Å². The molecule has 13 nitrogen and oxygen atoms in total. The van der Waals surface area contributed by atoms with Crippen molar-refractivity contribution in [3.8, 4) is 0 Å². The summed E-state index contributed by atoms with van der Waals surface area (Å²) in [6.07, 6.45) is 0.372. The summed E-state index contributed by atoms with van der Waals surface area (Å²) >= 11 is 0. The molecule has 13 heteroatoms. The molecule has 4 unspecified atom stereocenters. The van der Waals surface area contributed by atoms with Gasteiger partial charge in [0.1, 0.15) is 25.4 Å². The molecule has 1 rings (SSSR count). The molecule has 3 N–H and O–H groups in total. The van der Waals surface area contributed by atoms with Crippen molar-refractivity contribution in [2.24, 2.45) is 16.7 Å². The number of aliphatic hydroxyl groups excluding tert-OH is 1. The number of carboxylic acids is 2. The molecule has 0 aliphatic carbocycles. The van der Waals surface area contributed by atoms with Gasteiger partial charge in [-0.1, -0.05) is 20.3 Å². The number of nitrogens with zero attached hydrogens (tertiary/aromatic N) is 1. The maximum absolute atomic E-state index is 13.2. The summed E-state index contributed by atoms with van der Waals surface area (Å²) in [6.45, 7) is 7.43. The average molecular weight is 576 g/mol. The van der Waals surface area contributed by atoms with Crippen LogP contribution in [0.5, 0.6) is 0 Å². The highest BCUT2D eigenvalue weighted by Gasteiger charge is 2.43. The van der Waals surface area contributed by atoms with Crippen LogP contribution in [0.3, 0.4) is 0 Å². The van der Waals surface area contributed by atoms with Gasteiger partial charge in [0.2, 0.25) is 0 Å². The Hall–Kier alpha value is -2.77. The number of carbonyl (C=O) groups excluding carboxylic acids is 3. The minimum absolute atomic E-state index is 0.00991. The summed E-state index contributed by atoms with van der Waals surface area (Å²) in [6, 6.07) is 0. The van der Waals surface area contributed by atoms with Crippen LogP contribution in [-0.2, 0) is 42.9 Å². The van der Waals surface area contributed by atoms with Crippen LogP contribution in [0.2, 0.25) is 0 Å². The van der Waals surface area contributed by atoms with Crippen molar-refractivity contribution >= 4 is 29.8 Å². The topological polar surface area (TPSA) is 190 Å². The summed E-state index contributed by atoms with van der Waals surface area (Å²) < 4.78 is 21.2. The van der Waals surface area contributed by atoms with Crippen LogP contribution in [0.25, 0.3) is 0 Å². The second-order valence-electron chi connectivity index (χ2n) is 11.2. The lowest BCUT2D eigenvalue weighted by Gasteiger charge is -2.33. The predicted molar refractivity (Wildman–Crippen MR) is 140 cm³/mol. The van der Waals surface area contributed by atoms with Gasteiger partial charge in [-0.15, -0.1) is 0 Å². The van der Waals surface area contributed by atoms with Crippen molar-refractivity contribution < 1.29 is 58.2 Å². The van der Waals surface area contributed by atoms with Crippen LogP contribution in [-0.4, -0.2) is 108 Å². The molecule has 0 aromatic rings. The molecule has 1 aliphatic rings. The number of ether oxygens (including phenoxy) is 4. The molecule has 0 bridgehead atoms. The first-order valence-electron chi connectivity index (χ1n) is 13.6. The molecule has 1 aliphatic heterocycles. The summed E-state index contributed by atoms with van der Waals surface area (Å²) in [4.78, 5) is 62.0. The Labute approximate surface area is 235 Å². The molecule has 230 valence electrons. The van der Waals surface area contributed by atoms with E-state index in [9.17, 15) is 29.1 Å². The van der Waals surface area contributed by atoms with Gasteiger partial charge in [-0.05, 0) is 46.5 Å². The molecule has 1 heterocycles. The van der Waals surface area contributed by atoms with Crippen LogP contribution >= 0.6 is 0 Å². The Balaban J connectivity index is 2.92. The second kappa shape index (κ2) is 16.5. The molecule has 0 spiro atoms. The molecular formula is C27H45NO12. The molecule has 0 aromatic carbocycles. The van der Waals surface area contributed by atoms with Gasteiger partial charge in [-0.3, -0.25) is 28.9 Å². The SMILES string of the molecule is CCCCOC(=O)C(CC(C)(C)C(=O)OCC1CO1)CC(C)(CC)C(=O)OCC(O)CN(CC(=O)O)CC(=O)O. The smallest absolute Gasteiger partial charge is 0.317 e. The number of carboxylic acid groups (broad SMARTS) is 2. The summed E-state index contributed by atoms with van der Waals surface area (Å²) in [5.41, 5.74) is -2.24. The van der Waals surface area contributed by atoms with E-state index in [0.717, 1.165) is 11.3 Å². The maximum atomic E-state index is 13.2. The zero-order chi connectivity index (χ0) is 30.5. The number of aliphatic hydroxyl groups is 1. The van der Waals surface area contributed by atoms with Gasteiger partial charge in [-0.25, -0.2) is 0 Å². The number of hydrogen-bond acceptors (Lipinski definition) is 11. The molecule has 0 saturated carbocycles. The number of rotatable bonds is 21. The Kier molecular flexibility index (Phi) is 14.5. The van der Waals surface area contributed by atoms with Crippen LogP contribution in [0, 0.1) is 16.7 Å². The van der Waals surface area contributed by atoms with Gasteiger partial charge in [-0.2, -0.15) is 0 Å². The standard InChI is InChI=1S/C27H45NO12/c1-6-8-9-37-23(34)18(10-26(3,4)24(35)40-17-20-16-38-20)11-27(5,7-2)25(36)39-15-19(29)12-28(13-21(30)31)14-22(32)33/h18-20,29H,6-17H2,1-5H3,(H,30,31)(H,32,33). The number of esters is 3. The van der Waals surface area contributed by atoms with E-state index >= 15 is 0 Å². The minimum Gasteiger partial charge on any atom is -0.480 e. The van der Waals surface area contributed by atoms with E-state index in [2.05, 4.69) is 0 Å². The number of epoxide rings is 1. The Bertz CT molecular complexity index is 856. The summed E-state index contributed by atoms with van der Waals surface area (Å²) in [5, 5.41) is 28.2.